The van der Waals surface area contributed by atoms with Gasteiger partial charge in [0.1, 0.15) is 18.0 Å². The van der Waals surface area contributed by atoms with Crippen molar-refractivity contribution in [3.63, 3.8) is 0 Å². The number of carbonyl (C=O) groups is 1. The van der Waals surface area contributed by atoms with Crippen molar-refractivity contribution in [1.82, 2.24) is 20.1 Å². The van der Waals surface area contributed by atoms with Crippen LogP contribution in [0, 0.1) is 0 Å². The van der Waals surface area contributed by atoms with Gasteiger partial charge in [-0.15, -0.1) is 10.2 Å². The van der Waals surface area contributed by atoms with Crippen LogP contribution in [-0.4, -0.2) is 27.3 Å². The van der Waals surface area contributed by atoms with E-state index in [0.717, 1.165) is 11.4 Å². The van der Waals surface area contributed by atoms with Gasteiger partial charge in [-0.2, -0.15) is 0 Å². The maximum atomic E-state index is 12.9. The van der Waals surface area contributed by atoms with Crippen LogP contribution in [0.3, 0.4) is 0 Å². The van der Waals surface area contributed by atoms with Crippen LogP contribution >= 0.6 is 11.6 Å². The molecule has 0 spiro atoms. The van der Waals surface area contributed by atoms with Gasteiger partial charge in [-0.25, -0.2) is 0 Å². The van der Waals surface area contributed by atoms with Gasteiger partial charge in [0, 0.05) is 17.5 Å². The summed E-state index contributed by atoms with van der Waals surface area (Å²) in [5, 5.41) is 12.0. The topological polar surface area (TPSA) is 69.0 Å². The highest BCUT2D eigenvalue weighted by molar-refractivity contribution is 6.31. The van der Waals surface area contributed by atoms with Crippen molar-refractivity contribution in [3.05, 3.63) is 46.5 Å². The molecule has 1 atom stereocenters. The Morgan fingerprint density at radius 2 is 2.17 bits per heavy atom. The van der Waals surface area contributed by atoms with Gasteiger partial charge in [0.05, 0.1) is 6.61 Å². The number of rotatable bonds is 4. The number of hydrogen-bond donors (Lipinski definition) is 1. The van der Waals surface area contributed by atoms with E-state index < -0.39 is 5.54 Å². The highest BCUT2D eigenvalue weighted by Gasteiger charge is 2.42. The molecule has 0 fully saturated rings. The Labute approximate surface area is 146 Å². The van der Waals surface area contributed by atoms with Gasteiger partial charge >= 0.3 is 0 Å². The summed E-state index contributed by atoms with van der Waals surface area (Å²) in [4.78, 5) is 12.9. The third kappa shape index (κ3) is 2.91. The third-order valence-electron chi connectivity index (χ3n) is 4.27. The molecule has 0 saturated heterocycles. The molecular formula is C17H21ClN4O2. The number of nitrogens with zero attached hydrogens (tertiary/aromatic N) is 3. The van der Waals surface area contributed by atoms with E-state index in [1.165, 1.54) is 0 Å². The Bertz CT molecular complexity index is 759. The van der Waals surface area contributed by atoms with E-state index in [1.807, 2.05) is 49.6 Å². The summed E-state index contributed by atoms with van der Waals surface area (Å²) in [6.45, 7) is 6.94. The predicted octanol–water partition coefficient (Wildman–Crippen LogP) is 2.62. The second-order valence-electron chi connectivity index (χ2n) is 6.51. The van der Waals surface area contributed by atoms with E-state index in [1.54, 1.807) is 0 Å². The number of aromatic nitrogens is 3. The van der Waals surface area contributed by atoms with Crippen molar-refractivity contribution in [3.8, 4) is 0 Å². The largest absolute Gasteiger partial charge is 0.370 e. The molecule has 2 aromatic rings. The van der Waals surface area contributed by atoms with E-state index in [4.69, 9.17) is 16.3 Å². The number of halogens is 1. The minimum atomic E-state index is -0.877. The lowest BCUT2D eigenvalue weighted by Gasteiger charge is -2.35. The molecule has 1 unspecified atom stereocenters. The van der Waals surface area contributed by atoms with Gasteiger partial charge in [-0.05, 0) is 18.6 Å². The quantitative estimate of drug-likeness (QED) is 0.922. The molecule has 0 bridgehead atoms. The van der Waals surface area contributed by atoms with Gasteiger partial charge in [-0.3, -0.25) is 9.36 Å². The number of amides is 1. The van der Waals surface area contributed by atoms with Crippen molar-refractivity contribution < 1.29 is 9.53 Å². The van der Waals surface area contributed by atoms with E-state index >= 15 is 0 Å². The summed E-state index contributed by atoms with van der Waals surface area (Å²) in [6, 6.07) is 7.46. The zero-order valence-electron chi connectivity index (χ0n) is 14.0. The lowest BCUT2D eigenvalue weighted by molar-refractivity contribution is -0.135. The minimum absolute atomic E-state index is 0.134. The van der Waals surface area contributed by atoms with Crippen LogP contribution in [0.1, 0.15) is 43.9 Å². The summed E-state index contributed by atoms with van der Waals surface area (Å²) in [5.41, 5.74) is -0.00120. The van der Waals surface area contributed by atoms with Gasteiger partial charge in [0.15, 0.2) is 5.82 Å². The van der Waals surface area contributed by atoms with Crippen LogP contribution in [0.15, 0.2) is 24.3 Å². The van der Waals surface area contributed by atoms with Crippen molar-refractivity contribution in [2.75, 3.05) is 6.61 Å². The highest BCUT2D eigenvalue weighted by Crippen LogP contribution is 2.29. The molecule has 1 N–H and O–H groups in total. The fourth-order valence-electron chi connectivity index (χ4n) is 2.92. The monoisotopic (exact) mass is 348 g/mol. The van der Waals surface area contributed by atoms with E-state index in [2.05, 4.69) is 15.5 Å². The first kappa shape index (κ1) is 16.9. The van der Waals surface area contributed by atoms with Gasteiger partial charge in [-0.1, -0.05) is 43.6 Å². The van der Waals surface area contributed by atoms with Crippen LogP contribution in [-0.2, 0) is 28.2 Å². The first-order valence-corrected chi connectivity index (χ1v) is 8.35. The van der Waals surface area contributed by atoms with E-state index in [9.17, 15) is 4.79 Å². The van der Waals surface area contributed by atoms with Gasteiger partial charge in [0.25, 0.3) is 0 Å². The fraction of sp³-hybridized carbons (Fsp3) is 0.471. The second-order valence-corrected chi connectivity index (χ2v) is 6.91. The molecule has 1 aliphatic heterocycles. The average molecular weight is 349 g/mol. The summed E-state index contributed by atoms with van der Waals surface area (Å²) in [7, 11) is 0. The Kier molecular flexibility index (Phi) is 4.60. The molecule has 0 aliphatic carbocycles. The van der Waals surface area contributed by atoms with Crippen LogP contribution in [0.5, 0.6) is 0 Å². The molecule has 2 heterocycles. The maximum absolute atomic E-state index is 12.9. The molecule has 24 heavy (non-hydrogen) atoms. The Morgan fingerprint density at radius 1 is 1.42 bits per heavy atom. The molecule has 0 saturated carbocycles. The summed E-state index contributed by atoms with van der Waals surface area (Å²) in [5.74, 6) is 1.51. The van der Waals surface area contributed by atoms with Crippen LogP contribution in [0.4, 0.5) is 0 Å². The standard InChI is InChI=1S/C17H21ClN4O2/c1-11(2)15-21-20-14-9-24-10-17(3,22(14)15)16(23)19-8-12-6-4-5-7-13(12)18/h4-7,11H,8-10H2,1-3H3,(H,19,23). The summed E-state index contributed by atoms with van der Waals surface area (Å²) in [6.07, 6.45) is 0. The number of benzene rings is 1. The summed E-state index contributed by atoms with van der Waals surface area (Å²) >= 11 is 6.16. The molecular weight excluding hydrogens is 328 g/mol. The highest BCUT2D eigenvalue weighted by atomic mass is 35.5. The molecule has 6 nitrogen and oxygen atoms in total. The van der Waals surface area contributed by atoms with E-state index in [0.29, 0.717) is 24.0 Å². The Morgan fingerprint density at radius 3 is 2.88 bits per heavy atom. The van der Waals surface area contributed by atoms with Crippen molar-refractivity contribution in [2.45, 2.75) is 45.4 Å². The number of nitrogens with one attached hydrogen (secondary N) is 1. The Hall–Kier alpha value is -1.92. The molecule has 1 amide bonds. The molecule has 0 radical (unpaired) electrons. The zero-order chi connectivity index (χ0) is 17.3. The van der Waals surface area contributed by atoms with Gasteiger partial charge < -0.3 is 10.1 Å². The van der Waals surface area contributed by atoms with Crippen LogP contribution < -0.4 is 5.32 Å². The second kappa shape index (κ2) is 6.53. The minimum Gasteiger partial charge on any atom is -0.370 e. The number of fused-ring (bicyclic) bond motifs is 1. The molecule has 1 aromatic heterocycles. The molecule has 3 rings (SSSR count). The van der Waals surface area contributed by atoms with Crippen molar-refractivity contribution in [1.29, 1.82) is 0 Å². The van der Waals surface area contributed by atoms with Crippen molar-refractivity contribution in [2.24, 2.45) is 0 Å². The predicted molar refractivity (Wildman–Crippen MR) is 90.7 cm³/mol. The van der Waals surface area contributed by atoms with Crippen LogP contribution in [0.2, 0.25) is 5.02 Å². The van der Waals surface area contributed by atoms with Crippen molar-refractivity contribution >= 4 is 17.5 Å². The molecule has 1 aliphatic rings. The summed E-state index contributed by atoms with van der Waals surface area (Å²) < 4.78 is 7.51. The fourth-order valence-corrected chi connectivity index (χ4v) is 3.12. The number of hydrogen-bond acceptors (Lipinski definition) is 4. The maximum Gasteiger partial charge on any atom is 0.248 e. The Balaban J connectivity index is 1.85. The first-order valence-electron chi connectivity index (χ1n) is 7.97. The van der Waals surface area contributed by atoms with Gasteiger partial charge in [0.2, 0.25) is 5.91 Å². The molecule has 128 valence electrons. The third-order valence-corrected chi connectivity index (χ3v) is 4.63. The average Bonchev–Trinajstić information content (AvgIpc) is 3.00. The van der Waals surface area contributed by atoms with E-state index in [-0.39, 0.29) is 18.4 Å². The normalized spacial score (nSPS) is 20.0. The molecule has 7 heteroatoms. The molecule has 1 aromatic carbocycles. The number of ether oxygens (including phenoxy) is 1. The SMILES string of the molecule is CC(C)c1nnc2n1C(C)(C(=O)NCc1ccccc1Cl)COC2. The lowest BCUT2D eigenvalue weighted by Crippen LogP contribution is -2.53. The number of carbonyl (C=O) groups excluding carboxylic acids is 1. The smallest absolute Gasteiger partial charge is 0.248 e. The lowest BCUT2D eigenvalue weighted by atomic mass is 9.98. The first-order chi connectivity index (χ1) is 11.4. The van der Waals surface area contributed by atoms with Crippen LogP contribution in [0.25, 0.3) is 0 Å². The zero-order valence-corrected chi connectivity index (χ0v) is 14.8.